The van der Waals surface area contributed by atoms with Gasteiger partial charge in [0.25, 0.3) is 0 Å². The van der Waals surface area contributed by atoms with Crippen molar-refractivity contribution < 1.29 is 18.5 Å². The fraction of sp³-hybridized carbons (Fsp3) is 0.435. The molecule has 0 radical (unpaired) electrons. The van der Waals surface area contributed by atoms with Crippen molar-refractivity contribution in [3.05, 3.63) is 58.9 Å². The summed E-state index contributed by atoms with van der Waals surface area (Å²) < 4.78 is 30.1. The number of halogens is 1. The first-order valence-corrected chi connectivity index (χ1v) is 12.6. The summed E-state index contributed by atoms with van der Waals surface area (Å²) in [5, 5.41) is 19.0. The predicted octanol–water partition coefficient (Wildman–Crippen LogP) is 4.72. The zero-order chi connectivity index (χ0) is 23.8. The van der Waals surface area contributed by atoms with E-state index in [0.29, 0.717) is 22.4 Å². The number of hydrogen-bond acceptors (Lipinski definition) is 3. The van der Waals surface area contributed by atoms with Crippen LogP contribution in [0.2, 0.25) is 0 Å². The van der Waals surface area contributed by atoms with Gasteiger partial charge in [-0.05, 0) is 66.6 Å². The Hall–Kier alpha value is -2.29. The van der Waals surface area contributed by atoms with E-state index in [-0.39, 0.29) is 22.5 Å². The maximum absolute atomic E-state index is 14.1. The molecule has 0 saturated carbocycles. The summed E-state index contributed by atoms with van der Waals surface area (Å²) in [6.07, 6.45) is 1.27. The van der Waals surface area contributed by atoms with Crippen LogP contribution >= 0.6 is 0 Å². The maximum Gasteiger partial charge on any atom is 0.330 e. The average molecular weight is 452 g/mol. The molecule has 0 saturated heterocycles. The lowest BCUT2D eigenvalue weighted by molar-refractivity contribution is 0.0785. The van der Waals surface area contributed by atoms with E-state index in [0.717, 1.165) is 0 Å². The first-order valence-electron chi connectivity index (χ1n) is 10.2. The Balaban J connectivity index is 2.38. The van der Waals surface area contributed by atoms with Crippen molar-refractivity contribution in [2.45, 2.75) is 63.9 Å². The molecule has 2 rings (SSSR count). The molecule has 0 aromatic heterocycles. The van der Waals surface area contributed by atoms with Gasteiger partial charge in [0, 0.05) is 26.3 Å². The standard InChI is InChI=1S/C23H34FN3O3S/c1-14(2)19-12-17(24)13-20(15(3)4)21(19)26-22(28)27-31(7,25,30)18-10-8-16(9-11-18)23(5,6)29/h8-15,29H,1-7H3,(H4,25,26,27,28,30). The predicted molar refractivity (Wildman–Crippen MR) is 125 cm³/mol. The summed E-state index contributed by atoms with van der Waals surface area (Å²) in [4.78, 5) is 13.1. The number of carbonyl (C=O) groups is 1. The highest BCUT2D eigenvalue weighted by Gasteiger charge is 2.31. The molecule has 6 nitrogen and oxygen atoms in total. The number of urea groups is 1. The monoisotopic (exact) mass is 451 g/mol. The van der Waals surface area contributed by atoms with Crippen LogP contribution in [0.5, 0.6) is 0 Å². The molecule has 0 unspecified atom stereocenters. The Morgan fingerprint density at radius 2 is 1.52 bits per heavy atom. The van der Waals surface area contributed by atoms with Crippen LogP contribution < -0.4 is 15.2 Å². The second-order valence-corrected chi connectivity index (χ2v) is 12.8. The quantitative estimate of drug-likeness (QED) is 0.511. The van der Waals surface area contributed by atoms with Gasteiger partial charge in [-0.3, -0.25) is 9.86 Å². The minimum Gasteiger partial charge on any atom is -0.386 e. The van der Waals surface area contributed by atoms with E-state index in [1.165, 1.54) is 30.5 Å². The molecule has 0 bridgehead atoms. The van der Waals surface area contributed by atoms with Gasteiger partial charge in [-0.2, -0.15) is 0 Å². The Labute approximate surface area is 184 Å². The molecule has 2 amide bonds. The van der Waals surface area contributed by atoms with Gasteiger partial charge in [-0.15, -0.1) is 0 Å². The SMILES string of the molecule is CC(C)c1cc(F)cc(C(C)C)c1NC(=O)NS(C)(N)(=O)c1ccc(C(C)(C)O)cc1. The van der Waals surface area contributed by atoms with Crippen LogP contribution in [0.1, 0.15) is 70.1 Å². The second-order valence-electron chi connectivity index (χ2n) is 9.32. The highest BCUT2D eigenvalue weighted by atomic mass is 32.3. The minimum atomic E-state index is -4.25. The van der Waals surface area contributed by atoms with Gasteiger partial charge in [-0.25, -0.2) is 13.4 Å². The Bertz CT molecular complexity index is 1010. The number of rotatable bonds is 6. The zero-order valence-corrected chi connectivity index (χ0v) is 20.1. The third-order valence-electron chi connectivity index (χ3n) is 5.14. The molecule has 8 heteroatoms. The van der Waals surface area contributed by atoms with Crippen molar-refractivity contribution in [3.63, 3.8) is 0 Å². The molecule has 0 fully saturated rings. The first-order chi connectivity index (χ1) is 14.0. The molecule has 0 heterocycles. The lowest BCUT2D eigenvalue weighted by atomic mass is 9.92. The second kappa shape index (κ2) is 8.33. The maximum atomic E-state index is 14.1. The number of amides is 2. The van der Waals surface area contributed by atoms with Gasteiger partial charge in [-0.1, -0.05) is 39.8 Å². The topological polar surface area (TPSA) is 104 Å². The summed E-state index contributed by atoms with van der Waals surface area (Å²) in [6, 6.07) is 8.33. The highest BCUT2D eigenvalue weighted by Crippen LogP contribution is 2.34. The van der Waals surface area contributed by atoms with Gasteiger partial charge < -0.3 is 10.4 Å². The fourth-order valence-corrected chi connectivity index (χ4v) is 4.78. The molecule has 172 valence electrons. The van der Waals surface area contributed by atoms with Gasteiger partial charge >= 0.3 is 6.03 Å². The zero-order valence-electron chi connectivity index (χ0n) is 19.2. The van der Waals surface area contributed by atoms with Crippen molar-refractivity contribution in [2.75, 3.05) is 11.6 Å². The van der Waals surface area contributed by atoms with Crippen LogP contribution in [0.15, 0.2) is 41.3 Å². The molecule has 0 aliphatic heterocycles. The van der Waals surface area contributed by atoms with Crippen LogP contribution in [0.25, 0.3) is 0 Å². The minimum absolute atomic E-state index is 0.0436. The molecule has 31 heavy (non-hydrogen) atoms. The summed E-state index contributed by atoms with van der Waals surface area (Å²) in [5.74, 6) is -0.461. The van der Waals surface area contributed by atoms with E-state index in [9.17, 15) is 18.5 Å². The molecule has 2 aromatic carbocycles. The smallest absolute Gasteiger partial charge is 0.330 e. The molecule has 0 aliphatic carbocycles. The molecule has 2 aromatic rings. The number of carbonyl (C=O) groups excluding carboxylic acids is 1. The van der Waals surface area contributed by atoms with E-state index in [4.69, 9.17) is 5.14 Å². The third-order valence-corrected chi connectivity index (χ3v) is 7.28. The lowest BCUT2D eigenvalue weighted by Crippen LogP contribution is -2.57. The first kappa shape index (κ1) is 25.0. The Kier molecular flexibility index (Phi) is 6.71. The third kappa shape index (κ3) is 5.90. The van der Waals surface area contributed by atoms with Crippen LogP contribution in [0.3, 0.4) is 0 Å². The largest absolute Gasteiger partial charge is 0.386 e. The number of nitrogens with two attached hydrogens (primary N) is 1. The lowest BCUT2D eigenvalue weighted by Gasteiger charge is -2.36. The molecular formula is C23H34FN3O3S. The van der Waals surface area contributed by atoms with Crippen molar-refractivity contribution in [1.29, 1.82) is 0 Å². The average Bonchev–Trinajstić information content (AvgIpc) is 2.60. The number of hydrogen-bond donors (Lipinski definition) is 4. The van der Waals surface area contributed by atoms with E-state index in [1.807, 2.05) is 27.7 Å². The number of anilines is 1. The molecule has 0 atom stereocenters. The molecular weight excluding hydrogens is 417 g/mol. The van der Waals surface area contributed by atoms with Gasteiger partial charge in [0.2, 0.25) is 0 Å². The molecule has 0 spiro atoms. The van der Waals surface area contributed by atoms with E-state index >= 15 is 0 Å². The Morgan fingerprint density at radius 1 is 1.06 bits per heavy atom. The van der Waals surface area contributed by atoms with Crippen LogP contribution in [0, 0.1) is 5.82 Å². The van der Waals surface area contributed by atoms with Gasteiger partial charge in [0.05, 0.1) is 5.60 Å². The highest BCUT2D eigenvalue weighted by molar-refractivity contribution is 8.16. The van der Waals surface area contributed by atoms with Crippen molar-refractivity contribution in [2.24, 2.45) is 5.14 Å². The van der Waals surface area contributed by atoms with Crippen LogP contribution in [-0.4, -0.2) is 21.6 Å². The number of nitrogens with one attached hydrogen (secondary N) is 2. The number of benzene rings is 2. The normalized spacial score (nSPS) is 13.7. The van der Waals surface area contributed by atoms with Crippen molar-refractivity contribution in [1.82, 2.24) is 4.72 Å². The van der Waals surface area contributed by atoms with Crippen molar-refractivity contribution in [3.8, 4) is 0 Å². The van der Waals surface area contributed by atoms with E-state index < -0.39 is 21.1 Å². The summed E-state index contributed by atoms with van der Waals surface area (Å²) in [7, 11) is -4.25. The molecule has 5 N–H and O–H groups in total. The summed E-state index contributed by atoms with van der Waals surface area (Å²) in [5.41, 5.74) is 1.34. The molecule has 0 aliphatic rings. The Morgan fingerprint density at radius 3 is 1.90 bits per heavy atom. The van der Waals surface area contributed by atoms with Gasteiger partial charge in [0.1, 0.15) is 5.82 Å². The van der Waals surface area contributed by atoms with E-state index in [1.54, 1.807) is 26.0 Å². The summed E-state index contributed by atoms with van der Waals surface area (Å²) >= 11 is 0. The summed E-state index contributed by atoms with van der Waals surface area (Å²) in [6.45, 7) is 10.9. The van der Waals surface area contributed by atoms with Gasteiger partial charge in [0.15, 0.2) is 0 Å². The van der Waals surface area contributed by atoms with E-state index in [2.05, 4.69) is 10.0 Å². The van der Waals surface area contributed by atoms with Crippen LogP contribution in [0.4, 0.5) is 14.9 Å². The van der Waals surface area contributed by atoms with Crippen molar-refractivity contribution >= 4 is 21.2 Å². The number of aliphatic hydroxyl groups is 1. The fourth-order valence-electron chi connectivity index (χ4n) is 3.33. The van der Waals surface area contributed by atoms with Crippen LogP contribution in [-0.2, 0) is 15.0 Å².